The first-order valence-corrected chi connectivity index (χ1v) is 9.57. The number of aryl methyl sites for hydroxylation is 1. The van der Waals surface area contributed by atoms with E-state index in [1.165, 1.54) is 12.1 Å². The number of benzene rings is 2. The molecule has 1 aliphatic heterocycles. The van der Waals surface area contributed by atoms with Crippen molar-refractivity contribution in [2.45, 2.75) is 17.0 Å². The molecular weight excluding hydrogens is 375 g/mol. The zero-order chi connectivity index (χ0) is 20.7. The maximum Gasteiger partial charge on any atom is 0.302 e. The first kappa shape index (κ1) is 20.1. The Hall–Kier alpha value is -2.61. The summed E-state index contributed by atoms with van der Waals surface area (Å²) >= 11 is 0. The van der Waals surface area contributed by atoms with Gasteiger partial charge in [0.25, 0.3) is 0 Å². The van der Waals surface area contributed by atoms with Crippen molar-refractivity contribution < 1.29 is 22.1 Å². The average Bonchev–Trinajstić information content (AvgIpc) is 2.86. The molecule has 0 spiro atoms. The fourth-order valence-electron chi connectivity index (χ4n) is 2.64. The zero-order valence-corrected chi connectivity index (χ0v) is 15.8. The third-order valence-electron chi connectivity index (χ3n) is 4.35. The highest BCUT2D eigenvalue weighted by Gasteiger charge is 2.50. The summed E-state index contributed by atoms with van der Waals surface area (Å²) in [6.07, 6.45) is 0. The molecule has 2 aromatic carbocycles. The van der Waals surface area contributed by atoms with Crippen molar-refractivity contribution in [2.24, 2.45) is 5.73 Å². The summed E-state index contributed by atoms with van der Waals surface area (Å²) < 4.78 is 33.1. The van der Waals surface area contributed by atoms with E-state index in [-0.39, 0.29) is 11.1 Å². The molecule has 1 aliphatic rings. The highest BCUT2D eigenvalue weighted by Crippen LogP contribution is 2.37. The van der Waals surface area contributed by atoms with Gasteiger partial charge in [-0.2, -0.15) is 8.42 Å². The molecule has 3 rings (SSSR count). The minimum Gasteiger partial charge on any atom is -0.467 e. The number of hydrogen-bond acceptors (Lipinski definition) is 6. The second-order valence-electron chi connectivity index (χ2n) is 6.42. The number of carbonyl (C=O) groups excluding carboxylic acids is 1. The van der Waals surface area contributed by atoms with Crippen LogP contribution < -0.4 is 5.73 Å². The molecule has 28 heavy (non-hydrogen) atoms. The van der Waals surface area contributed by atoms with Gasteiger partial charge in [-0.05, 0) is 18.1 Å². The van der Waals surface area contributed by atoms with Crippen LogP contribution in [0.3, 0.4) is 0 Å². The second-order valence-corrected chi connectivity index (χ2v) is 8.17. The second kappa shape index (κ2) is 6.77. The predicted molar refractivity (Wildman–Crippen MR) is 106 cm³/mol. The van der Waals surface area contributed by atoms with Crippen LogP contribution in [0, 0.1) is 6.92 Å². The van der Waals surface area contributed by atoms with Gasteiger partial charge in [-0.1, -0.05) is 60.2 Å². The molecule has 2 N–H and O–H groups in total. The van der Waals surface area contributed by atoms with Crippen molar-refractivity contribution in [3.63, 3.8) is 0 Å². The maximum absolute atomic E-state index is 12.8. The number of carbonyl (C=O) groups is 1. The molecule has 10 heteroatoms. The molecule has 0 unspecified atom stereocenters. The Morgan fingerprint density at radius 2 is 1.64 bits per heavy atom. The fraction of sp³-hybridized carbons (Fsp3) is 0.167. The smallest absolute Gasteiger partial charge is 0.302 e. The molecule has 0 fully saturated rings. The van der Waals surface area contributed by atoms with E-state index in [0.717, 1.165) is 5.56 Å². The molecular formula is C18H14B3NO5S. The SMILES string of the molecule is [B]C([B])(c1ccccc1)S(=O)(=O)OC1=C(N)O[C@@]([B])(c2ccc(C)cc2)C1=O. The molecule has 0 aromatic heterocycles. The van der Waals surface area contributed by atoms with Gasteiger partial charge in [0.05, 0.1) is 20.2 Å². The lowest BCUT2D eigenvalue weighted by molar-refractivity contribution is -0.126. The fourth-order valence-corrected chi connectivity index (χ4v) is 3.58. The van der Waals surface area contributed by atoms with Gasteiger partial charge in [-0.15, -0.1) is 0 Å². The summed E-state index contributed by atoms with van der Waals surface area (Å²) in [5.74, 6) is -2.33. The van der Waals surface area contributed by atoms with Crippen LogP contribution in [0.1, 0.15) is 16.7 Å². The van der Waals surface area contributed by atoms with Gasteiger partial charge >= 0.3 is 10.1 Å². The Kier molecular flexibility index (Phi) is 4.87. The molecule has 0 amide bonds. The highest BCUT2D eigenvalue weighted by atomic mass is 32.2. The molecule has 136 valence electrons. The molecule has 0 saturated heterocycles. The van der Waals surface area contributed by atoms with Gasteiger partial charge < -0.3 is 14.7 Å². The lowest BCUT2D eigenvalue weighted by atomic mass is 9.65. The van der Waals surface area contributed by atoms with E-state index < -0.39 is 37.6 Å². The van der Waals surface area contributed by atoms with E-state index in [9.17, 15) is 13.2 Å². The average molecular weight is 389 g/mol. The first-order chi connectivity index (χ1) is 13.0. The van der Waals surface area contributed by atoms with E-state index in [1.54, 1.807) is 42.5 Å². The normalized spacial score (nSPS) is 20.1. The topological polar surface area (TPSA) is 95.7 Å². The third kappa shape index (κ3) is 3.22. The zero-order valence-electron chi connectivity index (χ0n) is 15.0. The number of ketones is 1. The lowest BCUT2D eigenvalue weighted by Crippen LogP contribution is -2.40. The van der Waals surface area contributed by atoms with E-state index in [1.807, 2.05) is 6.92 Å². The van der Waals surface area contributed by atoms with Crippen molar-refractivity contribution in [3.8, 4) is 0 Å². The molecule has 0 saturated carbocycles. The Morgan fingerprint density at radius 1 is 1.07 bits per heavy atom. The number of Topliss-reactive ketones (excluding diaryl/α,β-unsaturated/α-hetero) is 1. The molecule has 1 heterocycles. The summed E-state index contributed by atoms with van der Waals surface area (Å²) in [5.41, 5.74) is 4.92. The minimum atomic E-state index is -4.74. The molecule has 6 nitrogen and oxygen atoms in total. The van der Waals surface area contributed by atoms with E-state index >= 15 is 0 Å². The Labute approximate surface area is 167 Å². The molecule has 1 atom stereocenters. The van der Waals surface area contributed by atoms with Crippen LogP contribution in [-0.2, 0) is 33.9 Å². The molecule has 0 bridgehead atoms. The quantitative estimate of drug-likeness (QED) is 0.593. The van der Waals surface area contributed by atoms with Gasteiger partial charge in [-0.3, -0.25) is 4.79 Å². The predicted octanol–water partition coefficient (Wildman–Crippen LogP) is 0.537. The molecule has 6 radical (unpaired) electrons. The van der Waals surface area contributed by atoms with Crippen LogP contribution in [0.4, 0.5) is 0 Å². The van der Waals surface area contributed by atoms with Crippen molar-refractivity contribution >= 4 is 39.4 Å². The Bertz CT molecular complexity index is 1050. The van der Waals surface area contributed by atoms with Crippen molar-refractivity contribution in [1.29, 1.82) is 0 Å². The van der Waals surface area contributed by atoms with E-state index in [0.29, 0.717) is 0 Å². The number of hydrogen-bond donors (Lipinski definition) is 1. The van der Waals surface area contributed by atoms with Crippen LogP contribution in [0.2, 0.25) is 0 Å². The van der Waals surface area contributed by atoms with Gasteiger partial charge in [0, 0.05) is 0 Å². The first-order valence-electron chi connectivity index (χ1n) is 8.16. The van der Waals surface area contributed by atoms with Crippen LogP contribution in [0.15, 0.2) is 66.2 Å². The molecule has 0 aliphatic carbocycles. The van der Waals surface area contributed by atoms with Gasteiger partial charge in [0.15, 0.2) is 5.50 Å². The van der Waals surface area contributed by atoms with Crippen LogP contribution in [0.5, 0.6) is 0 Å². The van der Waals surface area contributed by atoms with Crippen molar-refractivity contribution in [2.75, 3.05) is 0 Å². The van der Waals surface area contributed by atoms with E-state index in [4.69, 9.17) is 38.2 Å². The summed E-state index contributed by atoms with van der Waals surface area (Å²) in [5, 5.41) is 0. The largest absolute Gasteiger partial charge is 0.467 e. The summed E-state index contributed by atoms with van der Waals surface area (Å²) in [4.78, 5) is 12.8. The standard InChI is InChI=1S/C18H14B3NO5S/c1-11-7-9-12(10-8-11)17(19)15(23)14(16(22)26-17)27-28(24,25)18(20,21)13-5-3-2-4-6-13/h2-10H,22H2,1H3/t17-/m0/s1. The van der Waals surface area contributed by atoms with Crippen LogP contribution >= 0.6 is 0 Å². The van der Waals surface area contributed by atoms with Crippen molar-refractivity contribution in [1.82, 2.24) is 0 Å². The van der Waals surface area contributed by atoms with Crippen molar-refractivity contribution in [3.05, 3.63) is 82.9 Å². The van der Waals surface area contributed by atoms with Gasteiger partial charge in [0.2, 0.25) is 17.4 Å². The summed E-state index contributed by atoms with van der Waals surface area (Å²) in [6, 6.07) is 14.1. The highest BCUT2D eigenvalue weighted by molar-refractivity contribution is 7.90. The lowest BCUT2D eigenvalue weighted by Gasteiger charge is -2.26. The maximum atomic E-state index is 12.8. The van der Waals surface area contributed by atoms with Gasteiger partial charge in [0.1, 0.15) is 7.85 Å². The number of nitrogens with two attached hydrogens (primary N) is 1. The third-order valence-corrected chi connectivity index (χ3v) is 5.80. The Balaban J connectivity index is 1.93. The van der Waals surface area contributed by atoms with Crippen LogP contribution in [-0.4, -0.2) is 37.7 Å². The number of ether oxygens (including phenoxy) is 1. The Morgan fingerprint density at radius 3 is 2.21 bits per heavy atom. The molecule has 2 aromatic rings. The summed E-state index contributed by atoms with van der Waals surface area (Å²) in [6.45, 7) is 1.85. The van der Waals surface area contributed by atoms with Crippen LogP contribution in [0.25, 0.3) is 0 Å². The minimum absolute atomic E-state index is 0.0538. The summed E-state index contributed by atoms with van der Waals surface area (Å²) in [7, 11) is 12.9. The van der Waals surface area contributed by atoms with E-state index in [2.05, 4.69) is 0 Å². The van der Waals surface area contributed by atoms with Gasteiger partial charge in [-0.25, -0.2) is 0 Å². The number of rotatable bonds is 5. The monoisotopic (exact) mass is 389 g/mol.